The van der Waals surface area contributed by atoms with E-state index >= 15 is 0 Å². The van der Waals surface area contributed by atoms with Crippen LogP contribution in [0.2, 0.25) is 0 Å². The fourth-order valence-corrected chi connectivity index (χ4v) is 2.10. The van der Waals surface area contributed by atoms with Crippen LogP contribution in [0.15, 0.2) is 0 Å². The smallest absolute Gasteiger partial charge is 0.238 e. The Labute approximate surface area is 109 Å². The van der Waals surface area contributed by atoms with Crippen molar-refractivity contribution in [3.8, 4) is 0 Å². The summed E-state index contributed by atoms with van der Waals surface area (Å²) in [6.45, 7) is 4.14. The van der Waals surface area contributed by atoms with Gasteiger partial charge in [-0.05, 0) is 21.0 Å². The van der Waals surface area contributed by atoms with Crippen LogP contribution in [0.5, 0.6) is 0 Å². The first-order chi connectivity index (χ1) is 8.45. The largest absolute Gasteiger partial charge is 0.359 e. The zero-order chi connectivity index (χ0) is 13.7. The molecule has 0 aliphatic carbocycles. The minimum absolute atomic E-state index is 0.000142. The molecule has 2 amide bonds. The van der Waals surface area contributed by atoms with Gasteiger partial charge in [0.05, 0.1) is 0 Å². The summed E-state index contributed by atoms with van der Waals surface area (Å²) in [5, 5.41) is 5.35. The molecule has 6 heteroatoms. The molecule has 0 aromatic carbocycles. The monoisotopic (exact) mass is 263 g/mol. The molecule has 6 nitrogen and oxygen atoms in total. The van der Waals surface area contributed by atoms with Gasteiger partial charge in [0.2, 0.25) is 11.8 Å². The molecular formula is C12H24N4O2. The summed E-state index contributed by atoms with van der Waals surface area (Å²) in [7, 11) is 5.59. The topological polar surface area (TPSA) is 64.7 Å². The third-order valence-corrected chi connectivity index (χ3v) is 3.53. The number of hydrogen-bond donors (Lipinski definition) is 2. The lowest BCUT2D eigenvalue weighted by Gasteiger charge is -2.41. The van der Waals surface area contributed by atoms with Crippen molar-refractivity contribution >= 4 is 11.8 Å². The van der Waals surface area contributed by atoms with Crippen molar-refractivity contribution in [2.24, 2.45) is 0 Å². The van der Waals surface area contributed by atoms with Crippen molar-refractivity contribution in [2.45, 2.75) is 25.4 Å². The van der Waals surface area contributed by atoms with Gasteiger partial charge in [-0.3, -0.25) is 14.5 Å². The van der Waals surface area contributed by atoms with Gasteiger partial charge in [-0.2, -0.15) is 0 Å². The summed E-state index contributed by atoms with van der Waals surface area (Å²) in [4.78, 5) is 27.3. The molecule has 104 valence electrons. The Morgan fingerprint density at radius 3 is 2.50 bits per heavy atom. The first kappa shape index (κ1) is 14.9. The summed E-state index contributed by atoms with van der Waals surface area (Å²) in [5.74, 6) is -0.0572. The van der Waals surface area contributed by atoms with Gasteiger partial charge in [0.25, 0.3) is 0 Å². The van der Waals surface area contributed by atoms with Crippen LogP contribution in [-0.2, 0) is 9.59 Å². The molecule has 2 unspecified atom stereocenters. The number of hydrogen-bond acceptors (Lipinski definition) is 4. The molecule has 0 aromatic rings. The highest BCUT2D eigenvalue weighted by atomic mass is 16.3. The molecule has 2 atom stereocenters. The van der Waals surface area contributed by atoms with Crippen molar-refractivity contribution in [1.29, 1.82) is 0 Å². The molecule has 1 saturated heterocycles. The summed E-state index contributed by atoms with van der Waals surface area (Å²) in [6.07, 6.45) is 0.324. The molecule has 0 aromatic heterocycles. The minimum atomic E-state index is -0.129. The second-order valence-electron chi connectivity index (χ2n) is 4.96. The van der Waals surface area contributed by atoms with Crippen LogP contribution < -0.4 is 10.6 Å². The Morgan fingerprint density at radius 1 is 1.22 bits per heavy atom. The summed E-state index contributed by atoms with van der Waals surface area (Å²) in [6, 6.07) is 0.334. The van der Waals surface area contributed by atoms with E-state index in [0.717, 1.165) is 13.1 Å². The predicted molar refractivity (Wildman–Crippen MR) is 70.2 cm³/mol. The SMILES string of the molecule is CC1CN([13CH3])C(C(=O)[15NH]CC[13C](=O)[15NH][13CH3])C[15N]1[13CH3]. The van der Waals surface area contributed by atoms with Crippen LogP contribution in [0.25, 0.3) is 0 Å². The molecule has 1 heterocycles. The molecule has 1 fully saturated rings. The fourth-order valence-electron chi connectivity index (χ4n) is 2.10. The van der Waals surface area contributed by atoms with Gasteiger partial charge in [-0.15, -0.1) is 0 Å². The normalized spacial score (nSPS) is 25.8. The molecule has 1 rings (SSSR count). The first-order valence-electron chi connectivity index (χ1n) is 6.34. The number of rotatable bonds is 4. The third-order valence-electron chi connectivity index (χ3n) is 3.53. The zero-order valence-electron chi connectivity index (χ0n) is 11.7. The van der Waals surface area contributed by atoms with Gasteiger partial charge in [0.1, 0.15) is 6.04 Å². The average molecular weight is 263 g/mol. The van der Waals surface area contributed by atoms with Gasteiger partial charge in [0.15, 0.2) is 0 Å². The van der Waals surface area contributed by atoms with Gasteiger partial charge in [-0.1, -0.05) is 0 Å². The van der Waals surface area contributed by atoms with Gasteiger partial charge in [0, 0.05) is 39.1 Å². The van der Waals surface area contributed by atoms with Crippen LogP contribution in [0.1, 0.15) is 13.3 Å². The van der Waals surface area contributed by atoms with Crippen molar-refractivity contribution in [3.63, 3.8) is 0 Å². The molecule has 2 N–H and O–H groups in total. The first-order valence-corrected chi connectivity index (χ1v) is 6.34. The molecule has 1 aliphatic rings. The second kappa shape index (κ2) is 6.70. The number of piperazine rings is 1. The molecule has 1 aliphatic heterocycles. The summed E-state index contributed by atoms with van der Waals surface area (Å²) >= 11 is 0. The Bertz CT molecular complexity index is 308. The lowest BCUT2D eigenvalue weighted by molar-refractivity contribution is -0.128. The van der Waals surface area contributed by atoms with E-state index in [2.05, 4.69) is 27.4 Å². The van der Waals surface area contributed by atoms with E-state index in [1.54, 1.807) is 7.05 Å². The van der Waals surface area contributed by atoms with Crippen molar-refractivity contribution in [3.05, 3.63) is 0 Å². The van der Waals surface area contributed by atoms with Crippen LogP contribution in [0.3, 0.4) is 0 Å². The van der Waals surface area contributed by atoms with E-state index in [1.165, 1.54) is 0 Å². The molecule has 0 bridgehead atoms. The van der Waals surface area contributed by atoms with E-state index < -0.39 is 0 Å². The van der Waals surface area contributed by atoms with Crippen LogP contribution in [0, 0.1) is 0 Å². The lowest BCUT2D eigenvalue weighted by atomic mass is 10.2. The Kier molecular flexibility index (Phi) is 5.55. The lowest BCUT2D eigenvalue weighted by Crippen LogP contribution is -2.59. The molecular weight excluding hydrogens is 239 g/mol. The average Bonchev–Trinajstić information content (AvgIpc) is 2.33. The van der Waals surface area contributed by atoms with E-state index in [-0.39, 0.29) is 17.9 Å². The zero-order valence-corrected chi connectivity index (χ0v) is 11.7. The second-order valence-corrected chi connectivity index (χ2v) is 4.96. The fraction of sp³-hybridized carbons (Fsp3) is 0.833. The quantitative estimate of drug-likeness (QED) is 0.498. The molecule has 0 spiro atoms. The Balaban J connectivity index is 2.39. The van der Waals surface area contributed by atoms with E-state index in [9.17, 15) is 9.59 Å². The maximum absolute atomic E-state index is 12.0. The minimum Gasteiger partial charge on any atom is -0.359 e. The van der Waals surface area contributed by atoms with E-state index in [4.69, 9.17) is 0 Å². The highest BCUT2D eigenvalue weighted by Gasteiger charge is 2.31. The highest BCUT2D eigenvalue weighted by Crippen LogP contribution is 2.11. The number of amides is 2. The van der Waals surface area contributed by atoms with Crippen LogP contribution in [0.4, 0.5) is 0 Å². The molecule has 18 heavy (non-hydrogen) atoms. The standard InChI is InChI=1S/C12H24N4O2/c1-9-7-16(4)10(8-15(9)3)12(18)14-6-5-11(17)13-2/h9-10H,5-8H2,1-4H3,(H,13,17)(H,14,18)/i2+1,3+1,4+1,11+1,13+1,14+1,15+1. The summed E-state index contributed by atoms with van der Waals surface area (Å²) in [5.41, 5.74) is 0. The van der Waals surface area contributed by atoms with Gasteiger partial charge in [-0.25, -0.2) is 0 Å². The van der Waals surface area contributed by atoms with Crippen molar-refractivity contribution in [1.82, 2.24) is 20.4 Å². The van der Waals surface area contributed by atoms with E-state index in [0.29, 0.717) is 19.0 Å². The van der Waals surface area contributed by atoms with Crippen LogP contribution >= 0.6 is 0 Å². The molecule has 0 saturated carbocycles. The van der Waals surface area contributed by atoms with Crippen molar-refractivity contribution in [2.75, 3.05) is 40.8 Å². The number of carbonyl (C=O) groups is 2. The maximum Gasteiger partial charge on any atom is 0.238 e. The van der Waals surface area contributed by atoms with Gasteiger partial charge >= 0.3 is 0 Å². The van der Waals surface area contributed by atoms with E-state index in [1.807, 2.05) is 14.1 Å². The number of likely N-dealkylation sites (N-methyl/N-ethyl adjacent to an activating group) is 2. The number of nitrogens with one attached hydrogen (secondary N) is 2. The molecule has 0 radical (unpaired) electrons. The number of carbonyl (C=O) groups excluding carboxylic acids is 2. The van der Waals surface area contributed by atoms with Crippen molar-refractivity contribution < 1.29 is 9.59 Å². The Hall–Kier alpha value is -1.14. The third kappa shape index (κ3) is 3.96. The predicted octanol–water partition coefficient (Wildman–Crippen LogP) is -1.13. The summed E-state index contributed by atoms with van der Waals surface area (Å²) < 4.78 is 0. The maximum atomic E-state index is 12.0. The highest BCUT2D eigenvalue weighted by molar-refractivity contribution is 5.83. The van der Waals surface area contributed by atoms with Gasteiger partial charge < -0.3 is 15.5 Å². The Morgan fingerprint density at radius 2 is 1.89 bits per heavy atom. The number of nitrogens with zero attached hydrogens (tertiary/aromatic N) is 2. The van der Waals surface area contributed by atoms with Crippen LogP contribution in [-0.4, -0.2) is 74.5 Å².